The van der Waals surface area contributed by atoms with Gasteiger partial charge in [0.1, 0.15) is 13.2 Å². The van der Waals surface area contributed by atoms with Gasteiger partial charge in [0, 0.05) is 15.8 Å². The highest BCUT2D eigenvalue weighted by Crippen LogP contribution is 2.21. The lowest BCUT2D eigenvalue weighted by Gasteiger charge is -2.06. The average molecular weight is 276 g/mol. The van der Waals surface area contributed by atoms with Crippen LogP contribution in [0.5, 0.6) is 5.75 Å². The molecule has 0 unspecified atom stereocenters. The first-order valence-electron chi connectivity index (χ1n) is 5.75. The summed E-state index contributed by atoms with van der Waals surface area (Å²) < 4.78 is 18.9. The van der Waals surface area contributed by atoms with E-state index in [0.717, 1.165) is 16.0 Å². The van der Waals surface area contributed by atoms with Crippen LogP contribution in [0.4, 0.5) is 4.39 Å². The lowest BCUT2D eigenvalue weighted by Crippen LogP contribution is -1.95. The van der Waals surface area contributed by atoms with Gasteiger partial charge in [-0.2, -0.15) is 0 Å². The Morgan fingerprint density at radius 1 is 1.37 bits per heavy atom. The topological polar surface area (TPSA) is 29.5 Å². The van der Waals surface area contributed by atoms with E-state index in [1.807, 2.05) is 18.4 Å². The van der Waals surface area contributed by atoms with Crippen molar-refractivity contribution in [2.75, 3.05) is 6.61 Å². The molecule has 0 amide bonds. The number of aryl methyl sites for hydroxylation is 1. The molecule has 2 aromatic rings. The summed E-state index contributed by atoms with van der Waals surface area (Å²) in [5.74, 6) is 5.30. The minimum Gasteiger partial charge on any atom is -0.485 e. The van der Waals surface area contributed by atoms with E-state index < -0.39 is 0 Å². The molecule has 2 nitrogen and oxygen atoms in total. The largest absolute Gasteiger partial charge is 0.485 e. The van der Waals surface area contributed by atoms with E-state index in [9.17, 15) is 4.39 Å². The maximum Gasteiger partial charge on any atom is 0.165 e. The van der Waals surface area contributed by atoms with Gasteiger partial charge in [-0.3, -0.25) is 0 Å². The summed E-state index contributed by atoms with van der Waals surface area (Å²) in [7, 11) is 0. The zero-order chi connectivity index (χ0) is 13.7. The molecule has 0 bridgehead atoms. The highest BCUT2D eigenvalue weighted by molar-refractivity contribution is 7.10. The van der Waals surface area contributed by atoms with Gasteiger partial charge in [-0.05, 0) is 30.7 Å². The average Bonchev–Trinajstić information content (AvgIpc) is 2.85. The van der Waals surface area contributed by atoms with Crippen LogP contribution in [-0.2, 0) is 6.61 Å². The van der Waals surface area contributed by atoms with E-state index >= 15 is 0 Å². The van der Waals surface area contributed by atoms with E-state index in [1.165, 1.54) is 17.4 Å². The molecular weight excluding hydrogens is 263 g/mol. The molecular formula is C15H13FO2S. The van der Waals surface area contributed by atoms with Gasteiger partial charge in [-0.1, -0.05) is 17.9 Å². The predicted molar refractivity (Wildman–Crippen MR) is 73.8 cm³/mol. The SMILES string of the molecule is Cc1ccc(F)c(OCc2cc(C#CCO)cs2)c1. The number of hydrogen-bond donors (Lipinski definition) is 1. The van der Waals surface area contributed by atoms with Crippen molar-refractivity contribution >= 4 is 11.3 Å². The third-order valence-electron chi connectivity index (χ3n) is 2.42. The number of hydrogen-bond acceptors (Lipinski definition) is 3. The van der Waals surface area contributed by atoms with Crippen molar-refractivity contribution in [1.82, 2.24) is 0 Å². The Morgan fingerprint density at radius 3 is 3.00 bits per heavy atom. The number of aliphatic hydroxyl groups is 1. The molecule has 0 spiro atoms. The Bertz CT molecular complexity index is 623. The summed E-state index contributed by atoms with van der Waals surface area (Å²) in [6.45, 7) is 2.04. The van der Waals surface area contributed by atoms with E-state index in [4.69, 9.17) is 9.84 Å². The third-order valence-corrected chi connectivity index (χ3v) is 3.33. The van der Waals surface area contributed by atoms with Crippen molar-refractivity contribution in [2.45, 2.75) is 13.5 Å². The van der Waals surface area contributed by atoms with Gasteiger partial charge >= 0.3 is 0 Å². The van der Waals surface area contributed by atoms with Gasteiger partial charge in [0.2, 0.25) is 0 Å². The van der Waals surface area contributed by atoms with Gasteiger partial charge < -0.3 is 9.84 Å². The van der Waals surface area contributed by atoms with Crippen molar-refractivity contribution in [2.24, 2.45) is 0 Å². The maximum atomic E-state index is 13.5. The fourth-order valence-corrected chi connectivity index (χ4v) is 2.26. The number of ether oxygens (including phenoxy) is 1. The molecule has 19 heavy (non-hydrogen) atoms. The summed E-state index contributed by atoms with van der Waals surface area (Å²) >= 11 is 1.50. The van der Waals surface area contributed by atoms with E-state index in [1.54, 1.807) is 12.1 Å². The molecule has 0 saturated carbocycles. The second-order valence-corrected chi connectivity index (χ2v) is 4.98. The quantitative estimate of drug-likeness (QED) is 0.873. The first-order valence-corrected chi connectivity index (χ1v) is 6.63. The lowest BCUT2D eigenvalue weighted by atomic mass is 10.2. The molecule has 1 aromatic heterocycles. The molecule has 0 aliphatic rings. The molecule has 2 rings (SSSR count). The molecule has 4 heteroatoms. The second kappa shape index (κ2) is 6.37. The first kappa shape index (κ1) is 13.6. The number of thiophene rings is 1. The second-order valence-electron chi connectivity index (χ2n) is 3.98. The van der Waals surface area contributed by atoms with E-state index in [-0.39, 0.29) is 18.2 Å². The van der Waals surface area contributed by atoms with Gasteiger partial charge in [0.05, 0.1) is 0 Å². The van der Waals surface area contributed by atoms with Crippen LogP contribution in [0.3, 0.4) is 0 Å². The Labute approximate surface area is 115 Å². The summed E-state index contributed by atoms with van der Waals surface area (Å²) in [6, 6.07) is 6.66. The lowest BCUT2D eigenvalue weighted by molar-refractivity contribution is 0.293. The van der Waals surface area contributed by atoms with Crippen molar-refractivity contribution in [3.63, 3.8) is 0 Å². The van der Waals surface area contributed by atoms with Crippen molar-refractivity contribution < 1.29 is 14.2 Å². The summed E-state index contributed by atoms with van der Waals surface area (Å²) in [5.41, 5.74) is 1.79. The first-order chi connectivity index (χ1) is 9.19. The summed E-state index contributed by atoms with van der Waals surface area (Å²) in [6.07, 6.45) is 0. The van der Waals surface area contributed by atoms with Crippen molar-refractivity contribution in [1.29, 1.82) is 0 Å². The van der Waals surface area contributed by atoms with Crippen LogP contribution in [0, 0.1) is 24.6 Å². The van der Waals surface area contributed by atoms with E-state index in [2.05, 4.69) is 11.8 Å². The van der Waals surface area contributed by atoms with Crippen LogP contribution >= 0.6 is 11.3 Å². The Balaban J connectivity index is 2.02. The summed E-state index contributed by atoms with van der Waals surface area (Å²) in [5, 5.41) is 10.5. The van der Waals surface area contributed by atoms with Gasteiger partial charge in [0.25, 0.3) is 0 Å². The van der Waals surface area contributed by atoms with Crippen molar-refractivity contribution in [3.05, 3.63) is 51.5 Å². The molecule has 98 valence electrons. The standard InChI is InChI=1S/C15H13FO2S/c1-11-4-5-14(16)15(7-11)18-9-13-8-12(10-19-13)3-2-6-17/h4-5,7-8,10,17H,6,9H2,1H3. The maximum absolute atomic E-state index is 13.5. The Morgan fingerprint density at radius 2 is 2.21 bits per heavy atom. The minimum atomic E-state index is -0.359. The van der Waals surface area contributed by atoms with Crippen LogP contribution in [0.15, 0.2) is 29.6 Å². The highest BCUT2D eigenvalue weighted by Gasteiger charge is 2.05. The minimum absolute atomic E-state index is 0.157. The Kier molecular flexibility index (Phi) is 4.56. The molecule has 1 aromatic carbocycles. The van der Waals surface area contributed by atoms with Crippen LogP contribution in [-0.4, -0.2) is 11.7 Å². The molecule has 0 fully saturated rings. The fraction of sp³-hybridized carbons (Fsp3) is 0.200. The summed E-state index contributed by atoms with van der Waals surface area (Å²) in [4.78, 5) is 0.961. The molecule has 0 saturated heterocycles. The molecule has 1 heterocycles. The monoisotopic (exact) mass is 276 g/mol. The zero-order valence-corrected chi connectivity index (χ0v) is 11.3. The number of halogens is 1. The number of rotatable bonds is 3. The van der Waals surface area contributed by atoms with Crippen molar-refractivity contribution in [3.8, 4) is 17.6 Å². The fourth-order valence-electron chi connectivity index (χ4n) is 1.53. The zero-order valence-electron chi connectivity index (χ0n) is 10.4. The van der Waals surface area contributed by atoms with E-state index in [0.29, 0.717) is 6.61 Å². The van der Waals surface area contributed by atoms with Crippen LogP contribution < -0.4 is 4.74 Å². The Hall–Kier alpha value is -1.83. The number of benzene rings is 1. The van der Waals surface area contributed by atoms with Crippen LogP contribution in [0.25, 0.3) is 0 Å². The van der Waals surface area contributed by atoms with Crippen LogP contribution in [0.2, 0.25) is 0 Å². The van der Waals surface area contributed by atoms with Crippen LogP contribution in [0.1, 0.15) is 16.0 Å². The normalized spacial score (nSPS) is 9.84. The van der Waals surface area contributed by atoms with Gasteiger partial charge in [-0.15, -0.1) is 11.3 Å². The molecule has 1 N–H and O–H groups in total. The molecule has 0 atom stereocenters. The van der Waals surface area contributed by atoms with Gasteiger partial charge in [-0.25, -0.2) is 4.39 Å². The smallest absolute Gasteiger partial charge is 0.165 e. The third kappa shape index (κ3) is 3.82. The van der Waals surface area contributed by atoms with Gasteiger partial charge in [0.15, 0.2) is 11.6 Å². The number of aliphatic hydroxyl groups excluding tert-OH is 1. The molecule has 0 aliphatic heterocycles. The predicted octanol–water partition coefficient (Wildman–Crippen LogP) is 3.12. The molecule has 0 aliphatic carbocycles. The highest BCUT2D eigenvalue weighted by atomic mass is 32.1. The molecule has 0 radical (unpaired) electrons.